The molecule has 0 fully saturated rings. The van der Waals surface area contributed by atoms with E-state index >= 15 is 0 Å². The third-order valence-corrected chi connectivity index (χ3v) is 0. The Hall–Kier alpha value is 2.11. The second-order valence-corrected chi connectivity index (χ2v) is 1.80. The van der Waals surface area contributed by atoms with Crippen LogP contribution in [0.5, 0.6) is 0 Å². The van der Waals surface area contributed by atoms with E-state index in [1.165, 1.54) is 0 Å². The Morgan fingerprint density at radius 1 is 1.00 bits per heavy atom. The number of hydrogen-bond acceptors (Lipinski definition) is 4. The molecule has 0 saturated heterocycles. The maximum atomic E-state index is 7.33. The molecule has 0 atom stereocenters. The topological polar surface area (TPSA) is 80.9 Å². The van der Waals surface area contributed by atoms with Crippen LogP contribution in [0.25, 0.3) is 0 Å². The second kappa shape index (κ2) is 9.11. The van der Waals surface area contributed by atoms with E-state index in [1.54, 1.807) is 0 Å². The van der Waals surface area contributed by atoms with Gasteiger partial charge in [-0.05, 0) is 0 Å². The first-order chi connectivity index (χ1) is 2.00. The van der Waals surface area contributed by atoms with Crippen molar-refractivity contribution in [3.05, 3.63) is 0 Å². The average Bonchev–Trinajstić information content (AvgIpc) is 0.722. The number of rotatable bonds is 0. The average molecular weight is 206 g/mol. The van der Waals surface area contributed by atoms with Crippen LogP contribution in [0.15, 0.2) is 0 Å². The van der Waals surface area contributed by atoms with Crippen molar-refractivity contribution >= 4 is 26.4 Å². The molecule has 4 nitrogen and oxygen atoms in total. The Labute approximate surface area is 92.8 Å². The van der Waals surface area contributed by atoms with E-state index in [1.807, 2.05) is 0 Å². The fraction of sp³-hybridized carbons (Fsp3) is 0. The first kappa shape index (κ1) is 22.5. The van der Waals surface area contributed by atoms with Gasteiger partial charge in [-0.3, -0.25) is 0 Å². The van der Waals surface area contributed by atoms with Gasteiger partial charge in [-0.15, -0.1) is 0 Å². The zero-order valence-electron chi connectivity index (χ0n) is 4.64. The fourth-order valence-electron chi connectivity index (χ4n) is 0. The summed E-state index contributed by atoms with van der Waals surface area (Å²) in [7, 11) is -4.61. The number of hydrogen-bond donors (Lipinski definition) is 4. The van der Waals surface area contributed by atoms with E-state index in [2.05, 4.69) is 0 Å². The molecule has 0 aliphatic rings. The Morgan fingerprint density at radius 2 is 1.00 bits per heavy atom. The molecule has 0 aromatic heterocycles. The monoisotopic (exact) mass is 206 g/mol. The van der Waals surface area contributed by atoms with Crippen LogP contribution in [0.1, 0.15) is 1.43 Å². The van der Waals surface area contributed by atoms with Crippen LogP contribution in [0.3, 0.4) is 0 Å². The van der Waals surface area contributed by atoms with Crippen LogP contribution in [-0.4, -0.2) is 45.6 Å². The first-order valence-electron chi connectivity index (χ1n) is 0.894. The minimum absolute atomic E-state index is 0. The van der Waals surface area contributed by atoms with Crippen LogP contribution in [0, 0.1) is 0 Å². The molecule has 0 aromatic carbocycles. The van der Waals surface area contributed by atoms with Crippen molar-refractivity contribution in [1.82, 2.24) is 0 Å². The molecule has 0 heterocycles. The normalized spacial score (nSPS) is 7.50. The summed E-state index contributed by atoms with van der Waals surface area (Å²) >= 11 is 0. The Balaban J connectivity index is -0.0000000133. The SMILES string of the molecule is O[Si](O)(O)O.[AlH3].[Fe].[H-].[Na+]. The molecule has 0 aliphatic carbocycles. The van der Waals surface area contributed by atoms with Crippen molar-refractivity contribution in [2.75, 3.05) is 0 Å². The van der Waals surface area contributed by atoms with E-state index < -0.39 is 9.05 Å². The third kappa shape index (κ3) is 92.1. The standard InChI is InChI=1S/Al.Fe.Na.H4O4Si.4H/c;;;1-5(2,3)4;;;;/h;;;1-4H;;;;/q;;+1;;;;;-1. The van der Waals surface area contributed by atoms with Gasteiger partial charge in [0.2, 0.25) is 0 Å². The molecule has 0 bridgehead atoms. The summed E-state index contributed by atoms with van der Waals surface area (Å²) < 4.78 is 0. The smallest absolute Gasteiger partial charge is 1.00 e. The van der Waals surface area contributed by atoms with E-state index in [4.69, 9.17) is 19.2 Å². The maximum Gasteiger partial charge on any atom is 1.00 e. The molecule has 0 aliphatic heterocycles. The van der Waals surface area contributed by atoms with Gasteiger partial charge in [-0.25, -0.2) is 0 Å². The molecule has 0 rings (SSSR count). The molecule has 0 saturated carbocycles. The Morgan fingerprint density at radius 3 is 1.00 bits per heavy atom. The predicted molar refractivity (Wildman–Crippen MR) is 25.7 cm³/mol. The van der Waals surface area contributed by atoms with Gasteiger partial charge in [-0.1, -0.05) is 0 Å². The molecule has 48 valence electrons. The summed E-state index contributed by atoms with van der Waals surface area (Å²) in [5.41, 5.74) is 0. The van der Waals surface area contributed by atoms with Crippen LogP contribution in [-0.2, 0) is 17.1 Å². The van der Waals surface area contributed by atoms with Crippen molar-refractivity contribution in [2.24, 2.45) is 0 Å². The predicted octanol–water partition coefficient (Wildman–Crippen LogP) is -6.68. The molecular formula is H8AlFeNaO4Si. The summed E-state index contributed by atoms with van der Waals surface area (Å²) in [4.78, 5) is 29.3. The van der Waals surface area contributed by atoms with Crippen molar-refractivity contribution < 1.29 is 67.2 Å². The summed E-state index contributed by atoms with van der Waals surface area (Å²) in [6.45, 7) is 0. The Bertz CT molecular complexity index is 36.0. The van der Waals surface area contributed by atoms with E-state index in [9.17, 15) is 0 Å². The van der Waals surface area contributed by atoms with Gasteiger partial charge < -0.3 is 20.6 Å². The molecule has 0 amide bonds. The van der Waals surface area contributed by atoms with Crippen LogP contribution in [0.2, 0.25) is 0 Å². The third-order valence-electron chi connectivity index (χ3n) is 0. The fourth-order valence-corrected chi connectivity index (χ4v) is 0. The van der Waals surface area contributed by atoms with Crippen molar-refractivity contribution in [2.45, 2.75) is 0 Å². The van der Waals surface area contributed by atoms with Crippen molar-refractivity contribution in [3.63, 3.8) is 0 Å². The molecule has 8 heteroatoms. The van der Waals surface area contributed by atoms with Gasteiger partial charge >= 0.3 is 38.6 Å². The largest absolute Gasteiger partial charge is 1.00 e. The second-order valence-electron chi connectivity index (χ2n) is 0.600. The van der Waals surface area contributed by atoms with E-state index in [0.29, 0.717) is 0 Å². The van der Waals surface area contributed by atoms with Crippen LogP contribution < -0.4 is 29.6 Å². The summed E-state index contributed by atoms with van der Waals surface area (Å²) in [5, 5.41) is 0. The van der Waals surface area contributed by atoms with Crippen molar-refractivity contribution in [1.29, 1.82) is 0 Å². The van der Waals surface area contributed by atoms with E-state index in [0.717, 1.165) is 0 Å². The van der Waals surface area contributed by atoms with Crippen LogP contribution in [0.4, 0.5) is 0 Å². The van der Waals surface area contributed by atoms with Gasteiger partial charge in [0, 0.05) is 17.1 Å². The van der Waals surface area contributed by atoms with Crippen LogP contribution >= 0.6 is 0 Å². The van der Waals surface area contributed by atoms with Gasteiger partial charge in [-0.2, -0.15) is 0 Å². The maximum absolute atomic E-state index is 7.33. The molecule has 0 aromatic rings. The summed E-state index contributed by atoms with van der Waals surface area (Å²) in [5.74, 6) is 0. The first-order valence-corrected chi connectivity index (χ1v) is 2.68. The van der Waals surface area contributed by atoms with Gasteiger partial charge in [0.1, 0.15) is 0 Å². The molecule has 0 radical (unpaired) electrons. The van der Waals surface area contributed by atoms with Gasteiger partial charge in [0.25, 0.3) is 0 Å². The molecule has 8 heavy (non-hydrogen) atoms. The zero-order valence-corrected chi connectivity index (χ0v) is 7.75. The van der Waals surface area contributed by atoms with Gasteiger partial charge in [0.05, 0.1) is 0 Å². The Kier molecular flexibility index (Phi) is 25.6. The summed E-state index contributed by atoms with van der Waals surface area (Å²) in [6, 6.07) is 0. The van der Waals surface area contributed by atoms with Gasteiger partial charge in [0.15, 0.2) is 17.4 Å². The minimum atomic E-state index is -4.61. The molecular weight excluding hydrogens is 198 g/mol. The summed E-state index contributed by atoms with van der Waals surface area (Å²) in [6.07, 6.45) is 0. The molecule has 0 unspecified atom stereocenters. The molecule has 4 N–H and O–H groups in total. The quantitative estimate of drug-likeness (QED) is 0.297. The van der Waals surface area contributed by atoms with Crippen molar-refractivity contribution in [3.8, 4) is 0 Å². The zero-order chi connectivity index (χ0) is 4.50. The minimum Gasteiger partial charge on any atom is -1.00 e. The van der Waals surface area contributed by atoms with E-state index in [-0.39, 0.29) is 65.4 Å². The molecule has 0 spiro atoms.